The lowest BCUT2D eigenvalue weighted by Crippen LogP contribution is -2.35. The number of carbonyl (C=O) groups is 2. The number of hydrogen-bond acceptors (Lipinski definition) is 5. The lowest BCUT2D eigenvalue weighted by Gasteiger charge is -2.22. The predicted molar refractivity (Wildman–Crippen MR) is 138 cm³/mol. The van der Waals surface area contributed by atoms with Crippen LogP contribution in [0.3, 0.4) is 0 Å². The van der Waals surface area contributed by atoms with E-state index in [4.69, 9.17) is 25.5 Å². The highest BCUT2D eigenvalue weighted by Crippen LogP contribution is 2.25. The van der Waals surface area contributed by atoms with Crippen LogP contribution in [0.5, 0.6) is 17.2 Å². The van der Waals surface area contributed by atoms with E-state index in [0.29, 0.717) is 41.7 Å². The Balaban J connectivity index is 1.32. The smallest absolute Gasteiger partial charge is 0.293 e. The Hall–Kier alpha value is -4.23. The SMILES string of the molecule is O=C(COc1ccc(Cl)cc1)NCCCN(C(=O)c1ccco1)c1ccc(Oc2ccccc2)cc1. The molecule has 1 N–H and O–H groups in total. The van der Waals surface area contributed by atoms with E-state index in [-0.39, 0.29) is 24.2 Å². The fraction of sp³-hybridized carbons (Fsp3) is 0.143. The van der Waals surface area contributed by atoms with Crippen molar-refractivity contribution >= 4 is 29.1 Å². The second-order valence-electron chi connectivity index (χ2n) is 7.79. The quantitative estimate of drug-likeness (QED) is 0.255. The Kier molecular flexibility index (Phi) is 8.62. The van der Waals surface area contributed by atoms with Gasteiger partial charge in [0, 0.05) is 23.8 Å². The van der Waals surface area contributed by atoms with E-state index in [9.17, 15) is 9.59 Å². The zero-order valence-electron chi connectivity index (χ0n) is 19.4. The molecule has 1 heterocycles. The van der Waals surface area contributed by atoms with Gasteiger partial charge in [-0.05, 0) is 79.2 Å². The van der Waals surface area contributed by atoms with Gasteiger partial charge in [0.2, 0.25) is 0 Å². The van der Waals surface area contributed by atoms with Gasteiger partial charge in [0.25, 0.3) is 11.8 Å². The van der Waals surface area contributed by atoms with Crippen molar-refractivity contribution < 1.29 is 23.5 Å². The number of anilines is 1. The van der Waals surface area contributed by atoms with Crippen molar-refractivity contribution in [3.05, 3.63) is 108 Å². The summed E-state index contributed by atoms with van der Waals surface area (Å²) in [7, 11) is 0. The Bertz CT molecular complexity index is 1240. The lowest BCUT2D eigenvalue weighted by atomic mass is 10.2. The fourth-order valence-electron chi connectivity index (χ4n) is 3.40. The maximum absolute atomic E-state index is 13.1. The number of furan rings is 1. The predicted octanol–water partition coefficient (Wildman–Crippen LogP) is 5.96. The minimum atomic E-state index is -0.269. The molecule has 4 rings (SSSR count). The molecule has 7 nitrogen and oxygen atoms in total. The van der Waals surface area contributed by atoms with E-state index < -0.39 is 0 Å². The van der Waals surface area contributed by atoms with Gasteiger partial charge in [0.05, 0.1) is 6.26 Å². The molecule has 0 spiro atoms. The van der Waals surface area contributed by atoms with Gasteiger partial charge in [-0.15, -0.1) is 0 Å². The third-order valence-electron chi connectivity index (χ3n) is 5.17. The Labute approximate surface area is 214 Å². The van der Waals surface area contributed by atoms with Crippen molar-refractivity contribution in [2.75, 3.05) is 24.6 Å². The molecule has 4 aromatic rings. The average Bonchev–Trinajstić information content (AvgIpc) is 3.45. The number of nitrogens with zero attached hydrogens (tertiary/aromatic N) is 1. The molecule has 0 aliphatic heterocycles. The minimum Gasteiger partial charge on any atom is -0.484 e. The summed E-state index contributed by atoms with van der Waals surface area (Å²) in [5.74, 6) is 1.66. The summed E-state index contributed by atoms with van der Waals surface area (Å²) >= 11 is 5.85. The number of hydrogen-bond donors (Lipinski definition) is 1. The minimum absolute atomic E-state index is 0.112. The summed E-state index contributed by atoms with van der Waals surface area (Å²) in [6, 6.07) is 26.8. The molecule has 0 saturated carbocycles. The summed E-state index contributed by atoms with van der Waals surface area (Å²) in [5.41, 5.74) is 0.689. The number of rotatable bonds is 11. The van der Waals surface area contributed by atoms with Crippen LogP contribution in [-0.4, -0.2) is 31.5 Å². The van der Waals surface area contributed by atoms with Crippen LogP contribution in [0.4, 0.5) is 5.69 Å². The monoisotopic (exact) mass is 504 g/mol. The number of carbonyl (C=O) groups excluding carboxylic acids is 2. The van der Waals surface area contributed by atoms with E-state index in [1.807, 2.05) is 42.5 Å². The van der Waals surface area contributed by atoms with Crippen LogP contribution < -0.4 is 19.7 Å². The summed E-state index contributed by atoms with van der Waals surface area (Å²) < 4.78 is 16.6. The van der Waals surface area contributed by atoms with Crippen LogP contribution in [0, 0.1) is 0 Å². The van der Waals surface area contributed by atoms with Gasteiger partial charge in [-0.1, -0.05) is 29.8 Å². The zero-order chi connectivity index (χ0) is 25.2. The first-order valence-electron chi connectivity index (χ1n) is 11.4. The van der Waals surface area contributed by atoms with Crippen LogP contribution in [0.1, 0.15) is 17.0 Å². The van der Waals surface area contributed by atoms with Gasteiger partial charge in [0.1, 0.15) is 17.2 Å². The molecule has 8 heteroatoms. The van der Waals surface area contributed by atoms with Crippen molar-refractivity contribution in [2.24, 2.45) is 0 Å². The summed E-state index contributed by atoms with van der Waals surface area (Å²) in [6.45, 7) is 0.635. The number of nitrogens with one attached hydrogen (secondary N) is 1. The van der Waals surface area contributed by atoms with Crippen molar-refractivity contribution in [3.8, 4) is 17.2 Å². The molecular formula is C28H25ClN2O5. The van der Waals surface area contributed by atoms with Crippen molar-refractivity contribution in [1.82, 2.24) is 5.32 Å². The zero-order valence-corrected chi connectivity index (χ0v) is 20.2. The Morgan fingerprint density at radius 2 is 1.53 bits per heavy atom. The normalized spacial score (nSPS) is 10.5. The number of benzene rings is 3. The molecule has 0 unspecified atom stereocenters. The number of amides is 2. The molecule has 0 radical (unpaired) electrons. The molecule has 1 aromatic heterocycles. The average molecular weight is 505 g/mol. The van der Waals surface area contributed by atoms with E-state index >= 15 is 0 Å². The van der Waals surface area contributed by atoms with E-state index in [1.54, 1.807) is 53.4 Å². The molecular weight excluding hydrogens is 480 g/mol. The highest BCUT2D eigenvalue weighted by Gasteiger charge is 2.20. The van der Waals surface area contributed by atoms with Gasteiger partial charge < -0.3 is 24.1 Å². The first-order chi connectivity index (χ1) is 17.6. The van der Waals surface area contributed by atoms with Crippen LogP contribution >= 0.6 is 11.6 Å². The fourth-order valence-corrected chi connectivity index (χ4v) is 3.52. The van der Waals surface area contributed by atoms with Crippen LogP contribution in [0.2, 0.25) is 5.02 Å². The van der Waals surface area contributed by atoms with Crippen molar-refractivity contribution in [2.45, 2.75) is 6.42 Å². The first kappa shape index (κ1) is 24.9. The molecule has 3 aromatic carbocycles. The highest BCUT2D eigenvalue weighted by molar-refractivity contribution is 6.30. The molecule has 36 heavy (non-hydrogen) atoms. The second-order valence-corrected chi connectivity index (χ2v) is 8.23. The largest absolute Gasteiger partial charge is 0.484 e. The van der Waals surface area contributed by atoms with E-state index in [1.165, 1.54) is 6.26 Å². The van der Waals surface area contributed by atoms with Gasteiger partial charge in [-0.25, -0.2) is 0 Å². The molecule has 0 atom stereocenters. The first-order valence-corrected chi connectivity index (χ1v) is 11.8. The third kappa shape index (κ3) is 7.13. The van der Waals surface area contributed by atoms with Crippen LogP contribution in [-0.2, 0) is 4.79 Å². The van der Waals surface area contributed by atoms with Crippen molar-refractivity contribution in [3.63, 3.8) is 0 Å². The highest BCUT2D eigenvalue weighted by atomic mass is 35.5. The standard InChI is InChI=1S/C28H25ClN2O5/c29-21-9-13-23(14-10-21)35-20-27(32)30-17-5-18-31(28(33)26-8-4-19-34-26)22-11-15-25(16-12-22)36-24-6-2-1-3-7-24/h1-4,6-16,19H,5,17-18,20H2,(H,30,32). The lowest BCUT2D eigenvalue weighted by molar-refractivity contribution is -0.123. The number of para-hydroxylation sites is 1. The molecule has 0 bridgehead atoms. The Morgan fingerprint density at radius 3 is 2.22 bits per heavy atom. The topological polar surface area (TPSA) is 81.0 Å². The maximum atomic E-state index is 13.1. The summed E-state index contributed by atoms with van der Waals surface area (Å²) in [5, 5.41) is 3.41. The third-order valence-corrected chi connectivity index (χ3v) is 5.42. The van der Waals surface area contributed by atoms with Gasteiger partial charge in [-0.2, -0.15) is 0 Å². The molecule has 0 fully saturated rings. The number of ether oxygens (including phenoxy) is 2. The van der Waals surface area contributed by atoms with Crippen LogP contribution in [0.25, 0.3) is 0 Å². The van der Waals surface area contributed by atoms with E-state index in [0.717, 1.165) is 5.75 Å². The molecule has 0 aliphatic carbocycles. The van der Waals surface area contributed by atoms with E-state index in [2.05, 4.69) is 5.32 Å². The summed E-state index contributed by atoms with van der Waals surface area (Å²) in [6.07, 6.45) is 1.99. The maximum Gasteiger partial charge on any atom is 0.293 e. The van der Waals surface area contributed by atoms with Gasteiger partial charge in [-0.3, -0.25) is 9.59 Å². The second kappa shape index (κ2) is 12.5. The molecule has 2 amide bonds. The van der Waals surface area contributed by atoms with Gasteiger partial charge in [0.15, 0.2) is 12.4 Å². The number of halogens is 1. The summed E-state index contributed by atoms with van der Waals surface area (Å²) in [4.78, 5) is 26.8. The van der Waals surface area contributed by atoms with Gasteiger partial charge >= 0.3 is 0 Å². The van der Waals surface area contributed by atoms with Crippen LogP contribution in [0.15, 0.2) is 102 Å². The molecule has 184 valence electrons. The molecule has 0 aliphatic rings. The Morgan fingerprint density at radius 1 is 0.833 bits per heavy atom. The van der Waals surface area contributed by atoms with Crippen molar-refractivity contribution in [1.29, 1.82) is 0 Å². The molecule has 0 saturated heterocycles.